The Balaban J connectivity index is 2.04. The highest BCUT2D eigenvalue weighted by Crippen LogP contribution is 2.19. The van der Waals surface area contributed by atoms with Gasteiger partial charge in [0.15, 0.2) is 0 Å². The minimum Gasteiger partial charge on any atom is -0.297 e. The van der Waals surface area contributed by atoms with Crippen molar-refractivity contribution in [2.24, 2.45) is 5.92 Å². The summed E-state index contributed by atoms with van der Waals surface area (Å²) in [5, 5.41) is 0. The third-order valence-corrected chi connectivity index (χ3v) is 3.78. The van der Waals surface area contributed by atoms with Crippen molar-refractivity contribution >= 4 is 6.08 Å². The molecule has 0 amide bonds. The van der Waals surface area contributed by atoms with E-state index in [9.17, 15) is 0 Å². The first-order valence-electron chi connectivity index (χ1n) is 7.24. The molecular formula is C17H25N. The minimum absolute atomic E-state index is 0.588. The normalized spacial score (nSPS) is 19.5. The lowest BCUT2D eigenvalue weighted by atomic mass is 9.98. The van der Waals surface area contributed by atoms with Gasteiger partial charge in [0.2, 0.25) is 0 Å². The Morgan fingerprint density at radius 1 is 1.00 bits per heavy atom. The molecule has 0 aromatic heterocycles. The summed E-state index contributed by atoms with van der Waals surface area (Å²) in [7, 11) is 0. The van der Waals surface area contributed by atoms with E-state index in [0.29, 0.717) is 12.0 Å². The van der Waals surface area contributed by atoms with E-state index in [0.717, 1.165) is 0 Å². The van der Waals surface area contributed by atoms with Crippen LogP contribution in [0.15, 0.2) is 36.4 Å². The zero-order chi connectivity index (χ0) is 12.8. The average Bonchev–Trinajstić information content (AvgIpc) is 2.41. The van der Waals surface area contributed by atoms with Crippen LogP contribution < -0.4 is 0 Å². The maximum absolute atomic E-state index is 2.65. The molecule has 0 aliphatic carbocycles. The lowest BCUT2D eigenvalue weighted by Crippen LogP contribution is -2.40. The molecule has 1 atom stereocenters. The van der Waals surface area contributed by atoms with Crippen LogP contribution in [0, 0.1) is 5.92 Å². The van der Waals surface area contributed by atoms with Gasteiger partial charge in [0.1, 0.15) is 0 Å². The van der Waals surface area contributed by atoms with Crippen LogP contribution in [0.5, 0.6) is 0 Å². The van der Waals surface area contributed by atoms with E-state index in [1.165, 1.54) is 37.9 Å². The van der Waals surface area contributed by atoms with Gasteiger partial charge in [-0.05, 0) is 37.4 Å². The van der Waals surface area contributed by atoms with Crippen molar-refractivity contribution in [3.05, 3.63) is 42.0 Å². The number of benzene rings is 1. The van der Waals surface area contributed by atoms with Crippen LogP contribution in [0.25, 0.3) is 6.08 Å². The number of likely N-dealkylation sites (tertiary alicyclic amines) is 1. The molecule has 1 saturated heterocycles. The van der Waals surface area contributed by atoms with Crippen molar-refractivity contribution in [1.82, 2.24) is 4.90 Å². The fourth-order valence-corrected chi connectivity index (χ4v) is 2.76. The predicted octanol–water partition coefficient (Wildman–Crippen LogP) is 4.21. The SMILES string of the molecule is CC(C)C(/C=C/c1ccccc1)N1CCCCC1. The molecule has 1 aromatic rings. The molecule has 1 heterocycles. The summed E-state index contributed by atoms with van der Waals surface area (Å²) < 4.78 is 0. The molecule has 2 rings (SSSR count). The van der Waals surface area contributed by atoms with E-state index in [1.807, 2.05) is 0 Å². The summed E-state index contributed by atoms with van der Waals surface area (Å²) in [6.45, 7) is 7.19. The number of hydrogen-bond donors (Lipinski definition) is 0. The molecule has 1 aliphatic heterocycles. The summed E-state index contributed by atoms with van der Waals surface area (Å²) in [6.07, 6.45) is 8.80. The molecule has 98 valence electrons. The van der Waals surface area contributed by atoms with Gasteiger partial charge in [-0.2, -0.15) is 0 Å². The van der Waals surface area contributed by atoms with E-state index in [1.54, 1.807) is 0 Å². The second-order valence-electron chi connectivity index (χ2n) is 5.60. The minimum atomic E-state index is 0.588. The lowest BCUT2D eigenvalue weighted by Gasteiger charge is -2.35. The van der Waals surface area contributed by atoms with Crippen LogP contribution in [0.4, 0.5) is 0 Å². The number of piperidine rings is 1. The van der Waals surface area contributed by atoms with E-state index in [2.05, 4.69) is 61.2 Å². The van der Waals surface area contributed by atoms with E-state index >= 15 is 0 Å². The largest absolute Gasteiger partial charge is 0.297 e. The monoisotopic (exact) mass is 243 g/mol. The Bertz CT molecular complexity index is 360. The van der Waals surface area contributed by atoms with Gasteiger partial charge in [0, 0.05) is 6.04 Å². The standard InChI is InChI=1S/C17H25N/c1-15(2)17(18-13-7-4-8-14-18)12-11-16-9-5-3-6-10-16/h3,5-6,9-12,15,17H,4,7-8,13-14H2,1-2H3/b12-11+. The second kappa shape index (κ2) is 6.75. The van der Waals surface area contributed by atoms with E-state index in [-0.39, 0.29) is 0 Å². The lowest BCUT2D eigenvalue weighted by molar-refractivity contribution is 0.159. The topological polar surface area (TPSA) is 3.24 Å². The Kier molecular flexibility index (Phi) is 5.00. The molecule has 1 unspecified atom stereocenters. The fraction of sp³-hybridized carbons (Fsp3) is 0.529. The average molecular weight is 243 g/mol. The highest BCUT2D eigenvalue weighted by Gasteiger charge is 2.20. The number of nitrogens with zero attached hydrogens (tertiary/aromatic N) is 1. The predicted molar refractivity (Wildman–Crippen MR) is 79.5 cm³/mol. The fourth-order valence-electron chi connectivity index (χ4n) is 2.76. The first-order chi connectivity index (χ1) is 8.77. The Labute approximate surface area is 112 Å². The first-order valence-corrected chi connectivity index (χ1v) is 7.24. The van der Waals surface area contributed by atoms with Crippen molar-refractivity contribution < 1.29 is 0 Å². The van der Waals surface area contributed by atoms with Gasteiger partial charge in [0.05, 0.1) is 0 Å². The zero-order valence-electron chi connectivity index (χ0n) is 11.7. The highest BCUT2D eigenvalue weighted by molar-refractivity contribution is 5.49. The second-order valence-corrected chi connectivity index (χ2v) is 5.60. The number of hydrogen-bond acceptors (Lipinski definition) is 1. The van der Waals surface area contributed by atoms with Crippen molar-refractivity contribution in [2.75, 3.05) is 13.1 Å². The van der Waals surface area contributed by atoms with Crippen molar-refractivity contribution in [2.45, 2.75) is 39.2 Å². The van der Waals surface area contributed by atoms with Gasteiger partial charge < -0.3 is 0 Å². The molecule has 0 bridgehead atoms. The first kappa shape index (κ1) is 13.4. The molecule has 0 spiro atoms. The zero-order valence-corrected chi connectivity index (χ0v) is 11.7. The quantitative estimate of drug-likeness (QED) is 0.765. The van der Waals surface area contributed by atoms with Gasteiger partial charge in [-0.15, -0.1) is 0 Å². The highest BCUT2D eigenvalue weighted by atomic mass is 15.2. The van der Waals surface area contributed by atoms with Gasteiger partial charge in [0.25, 0.3) is 0 Å². The molecule has 18 heavy (non-hydrogen) atoms. The van der Waals surface area contributed by atoms with Crippen LogP contribution in [0.2, 0.25) is 0 Å². The summed E-state index contributed by atoms with van der Waals surface area (Å²) in [4.78, 5) is 2.65. The maximum atomic E-state index is 2.65. The van der Waals surface area contributed by atoms with Crippen LogP contribution in [0.3, 0.4) is 0 Å². The number of rotatable bonds is 4. The molecule has 0 N–H and O–H groups in total. The summed E-state index contributed by atoms with van der Waals surface area (Å²) in [5.74, 6) is 0.683. The summed E-state index contributed by atoms with van der Waals surface area (Å²) in [5.41, 5.74) is 1.31. The summed E-state index contributed by atoms with van der Waals surface area (Å²) >= 11 is 0. The van der Waals surface area contributed by atoms with Gasteiger partial charge in [-0.1, -0.05) is 62.8 Å². The molecule has 1 nitrogen and oxygen atoms in total. The Hall–Kier alpha value is -1.08. The molecule has 1 aromatic carbocycles. The van der Waals surface area contributed by atoms with Gasteiger partial charge in [-0.3, -0.25) is 4.90 Å². The van der Waals surface area contributed by atoms with E-state index in [4.69, 9.17) is 0 Å². The molecule has 1 heteroatoms. The van der Waals surface area contributed by atoms with Crippen molar-refractivity contribution in [3.63, 3.8) is 0 Å². The Morgan fingerprint density at radius 2 is 1.67 bits per heavy atom. The molecular weight excluding hydrogens is 218 g/mol. The smallest absolute Gasteiger partial charge is 0.0304 e. The molecule has 0 saturated carbocycles. The maximum Gasteiger partial charge on any atom is 0.0304 e. The third kappa shape index (κ3) is 3.71. The van der Waals surface area contributed by atoms with Crippen LogP contribution >= 0.6 is 0 Å². The van der Waals surface area contributed by atoms with Crippen molar-refractivity contribution in [1.29, 1.82) is 0 Å². The van der Waals surface area contributed by atoms with Crippen molar-refractivity contribution in [3.8, 4) is 0 Å². The molecule has 1 fully saturated rings. The van der Waals surface area contributed by atoms with Crippen LogP contribution in [-0.2, 0) is 0 Å². The van der Waals surface area contributed by atoms with E-state index < -0.39 is 0 Å². The third-order valence-electron chi connectivity index (χ3n) is 3.78. The summed E-state index contributed by atoms with van der Waals surface area (Å²) in [6, 6.07) is 11.2. The molecule has 0 radical (unpaired) electrons. The van der Waals surface area contributed by atoms with Gasteiger partial charge >= 0.3 is 0 Å². The molecule has 1 aliphatic rings. The van der Waals surface area contributed by atoms with Gasteiger partial charge in [-0.25, -0.2) is 0 Å². The Morgan fingerprint density at radius 3 is 2.28 bits per heavy atom. The van der Waals surface area contributed by atoms with Crippen LogP contribution in [0.1, 0.15) is 38.7 Å². The van der Waals surface area contributed by atoms with Crippen LogP contribution in [-0.4, -0.2) is 24.0 Å².